The van der Waals surface area contributed by atoms with Crippen molar-refractivity contribution in [2.45, 2.75) is 90.6 Å². The molecule has 168 valence electrons. The molecule has 0 amide bonds. The number of hydrogen-bond acceptors (Lipinski definition) is 5. The van der Waals surface area contributed by atoms with Gasteiger partial charge < -0.3 is 14.5 Å². The number of aromatic nitrogens is 1. The lowest BCUT2D eigenvalue weighted by atomic mass is 9.57. The fraction of sp³-hybridized carbons (Fsp3) is 0.833. The maximum Gasteiger partial charge on any atom is 0.201 e. The van der Waals surface area contributed by atoms with Crippen LogP contribution in [0, 0.1) is 23.7 Å². The normalized spacial score (nSPS) is 45.4. The minimum atomic E-state index is -0.716. The molecule has 1 aromatic rings. The Morgan fingerprint density at radius 3 is 2.63 bits per heavy atom. The van der Waals surface area contributed by atoms with Crippen molar-refractivity contribution < 1.29 is 19.2 Å². The second-order valence-electron chi connectivity index (χ2n) is 10.2. The summed E-state index contributed by atoms with van der Waals surface area (Å²) in [7, 11) is 0. The monoisotopic (exact) mass is 418 g/mol. The summed E-state index contributed by atoms with van der Waals surface area (Å²) >= 11 is 0. The standard InChI is InChI=1S/C24H38N2O4/c1-6-26(7-2)14-17-9-11-20(25-17)21-16(4)19-10-8-15(3)18-12-13-23(5)28-22(27-21)24(18,19)30-29-23/h9,11,15-16,18-19,21-22,25H,6-8,10,12-14H2,1-5H3/t15-,16-,18+,19+,21-,22-,23+,24-/m1/s1. The molecule has 6 rings (SSSR count). The Labute approximate surface area is 180 Å². The maximum atomic E-state index is 6.74. The molecule has 30 heavy (non-hydrogen) atoms. The molecule has 6 heteroatoms. The number of nitrogens with zero attached hydrogens (tertiary/aromatic N) is 1. The van der Waals surface area contributed by atoms with Crippen LogP contribution < -0.4 is 0 Å². The molecule has 5 aliphatic rings. The molecule has 5 fully saturated rings. The van der Waals surface area contributed by atoms with Gasteiger partial charge in [0.05, 0.1) is 0 Å². The van der Waals surface area contributed by atoms with E-state index in [-0.39, 0.29) is 12.4 Å². The predicted octanol–water partition coefficient (Wildman–Crippen LogP) is 4.78. The first kappa shape index (κ1) is 21.0. The zero-order chi connectivity index (χ0) is 21.1. The van der Waals surface area contributed by atoms with Crippen LogP contribution in [0.4, 0.5) is 0 Å². The molecule has 1 saturated carbocycles. The van der Waals surface area contributed by atoms with Crippen molar-refractivity contribution in [2.24, 2.45) is 23.7 Å². The Hall–Kier alpha value is -0.920. The van der Waals surface area contributed by atoms with Crippen molar-refractivity contribution in [1.82, 2.24) is 9.88 Å². The van der Waals surface area contributed by atoms with Gasteiger partial charge in [-0.3, -0.25) is 4.90 Å². The number of hydrogen-bond donors (Lipinski definition) is 1. The maximum absolute atomic E-state index is 6.74. The van der Waals surface area contributed by atoms with Gasteiger partial charge in [-0.1, -0.05) is 27.7 Å². The Morgan fingerprint density at radius 2 is 1.87 bits per heavy atom. The summed E-state index contributed by atoms with van der Waals surface area (Å²) in [6.07, 6.45) is 3.89. The molecule has 1 aromatic heterocycles. The van der Waals surface area contributed by atoms with E-state index >= 15 is 0 Å². The van der Waals surface area contributed by atoms with Gasteiger partial charge in [-0.25, -0.2) is 9.78 Å². The lowest BCUT2D eigenvalue weighted by Crippen LogP contribution is -2.69. The first-order chi connectivity index (χ1) is 14.4. The number of H-pyrrole nitrogens is 1. The largest absolute Gasteiger partial charge is 0.359 e. The highest BCUT2D eigenvalue weighted by atomic mass is 17.3. The van der Waals surface area contributed by atoms with E-state index in [1.807, 2.05) is 6.92 Å². The van der Waals surface area contributed by atoms with Gasteiger partial charge in [-0.15, -0.1) is 0 Å². The first-order valence-electron chi connectivity index (χ1n) is 12.0. The highest BCUT2D eigenvalue weighted by Crippen LogP contribution is 2.62. The summed E-state index contributed by atoms with van der Waals surface area (Å²) in [6, 6.07) is 4.41. The van der Waals surface area contributed by atoms with E-state index in [4.69, 9.17) is 19.2 Å². The van der Waals surface area contributed by atoms with Gasteiger partial charge in [-0.2, -0.15) is 0 Å². The molecule has 1 aliphatic carbocycles. The van der Waals surface area contributed by atoms with Crippen LogP contribution in [-0.2, 0) is 25.8 Å². The molecular weight excluding hydrogens is 380 g/mol. The van der Waals surface area contributed by atoms with Gasteiger partial charge >= 0.3 is 0 Å². The van der Waals surface area contributed by atoms with E-state index in [0.29, 0.717) is 23.7 Å². The van der Waals surface area contributed by atoms with Gasteiger partial charge in [0.1, 0.15) is 6.10 Å². The van der Waals surface area contributed by atoms with E-state index in [2.05, 4.69) is 49.7 Å². The van der Waals surface area contributed by atoms with Crippen molar-refractivity contribution in [3.05, 3.63) is 23.5 Å². The van der Waals surface area contributed by atoms with E-state index in [0.717, 1.165) is 44.6 Å². The van der Waals surface area contributed by atoms with Gasteiger partial charge in [0.15, 0.2) is 11.9 Å². The van der Waals surface area contributed by atoms with Crippen LogP contribution in [0.25, 0.3) is 0 Å². The average Bonchev–Trinajstić information content (AvgIpc) is 3.08. The number of ether oxygens (including phenoxy) is 2. The van der Waals surface area contributed by atoms with E-state index < -0.39 is 11.4 Å². The number of nitrogens with one attached hydrogen (secondary N) is 1. The van der Waals surface area contributed by atoms with Crippen molar-refractivity contribution in [3.63, 3.8) is 0 Å². The molecule has 1 N–H and O–H groups in total. The van der Waals surface area contributed by atoms with Crippen molar-refractivity contribution in [3.8, 4) is 0 Å². The van der Waals surface area contributed by atoms with Crippen molar-refractivity contribution in [2.75, 3.05) is 13.1 Å². The molecule has 2 bridgehead atoms. The molecule has 8 atom stereocenters. The van der Waals surface area contributed by atoms with E-state index in [1.54, 1.807) is 0 Å². The summed E-state index contributed by atoms with van der Waals surface area (Å²) in [4.78, 5) is 18.3. The Balaban J connectivity index is 1.45. The lowest BCUT2D eigenvalue weighted by molar-refractivity contribution is -0.571. The third kappa shape index (κ3) is 3.10. The summed E-state index contributed by atoms with van der Waals surface area (Å²) in [5, 5.41) is 0. The molecule has 4 aliphatic heterocycles. The van der Waals surface area contributed by atoms with Crippen LogP contribution >= 0.6 is 0 Å². The molecule has 6 nitrogen and oxygen atoms in total. The van der Waals surface area contributed by atoms with Gasteiger partial charge in [0.25, 0.3) is 0 Å². The quantitative estimate of drug-likeness (QED) is 0.698. The lowest BCUT2D eigenvalue weighted by Gasteiger charge is -2.60. The van der Waals surface area contributed by atoms with E-state index in [9.17, 15) is 0 Å². The topological polar surface area (TPSA) is 56.0 Å². The zero-order valence-electron chi connectivity index (χ0n) is 19.1. The molecule has 0 aromatic carbocycles. The number of rotatable bonds is 5. The first-order valence-corrected chi connectivity index (χ1v) is 12.0. The van der Waals surface area contributed by atoms with Crippen molar-refractivity contribution >= 4 is 0 Å². The Bertz CT molecular complexity index is 764. The molecule has 1 spiro atoms. The molecule has 5 heterocycles. The van der Waals surface area contributed by atoms with Gasteiger partial charge in [0, 0.05) is 30.3 Å². The molecule has 0 radical (unpaired) electrons. The van der Waals surface area contributed by atoms with Crippen LogP contribution in [-0.4, -0.2) is 40.7 Å². The Morgan fingerprint density at radius 1 is 1.07 bits per heavy atom. The van der Waals surface area contributed by atoms with Gasteiger partial charge in [0.2, 0.25) is 5.79 Å². The molecule has 4 saturated heterocycles. The van der Waals surface area contributed by atoms with E-state index in [1.165, 1.54) is 12.1 Å². The highest BCUT2D eigenvalue weighted by molar-refractivity contribution is 5.19. The van der Waals surface area contributed by atoms with Crippen molar-refractivity contribution in [1.29, 1.82) is 0 Å². The minimum Gasteiger partial charge on any atom is -0.359 e. The van der Waals surface area contributed by atoms with Crippen LogP contribution in [0.3, 0.4) is 0 Å². The third-order valence-electron chi connectivity index (χ3n) is 8.52. The highest BCUT2D eigenvalue weighted by Gasteiger charge is 2.69. The predicted molar refractivity (Wildman–Crippen MR) is 113 cm³/mol. The minimum absolute atomic E-state index is 0.0170. The second kappa shape index (κ2) is 7.59. The van der Waals surface area contributed by atoms with Crippen LogP contribution in [0.15, 0.2) is 12.1 Å². The molecule has 0 unspecified atom stereocenters. The number of aromatic amines is 1. The summed E-state index contributed by atoms with van der Waals surface area (Å²) in [6.45, 7) is 14.1. The average molecular weight is 419 g/mol. The summed E-state index contributed by atoms with van der Waals surface area (Å²) < 4.78 is 13.2. The summed E-state index contributed by atoms with van der Waals surface area (Å²) in [5.74, 6) is 0.975. The summed E-state index contributed by atoms with van der Waals surface area (Å²) in [5.41, 5.74) is 1.92. The Kier molecular flexibility index (Phi) is 5.30. The third-order valence-corrected chi connectivity index (χ3v) is 8.52. The SMILES string of the molecule is CCN(CC)Cc1ccc([C@@H]2O[C@@H]3O[C@]4(C)CC[C@H]5[C@H](C)CC[C@@H]([C@H]2C)[C@@]35OO4)[nH]1. The fourth-order valence-corrected chi connectivity index (χ4v) is 6.67. The zero-order valence-corrected chi connectivity index (χ0v) is 19.1. The van der Waals surface area contributed by atoms with Crippen LogP contribution in [0.5, 0.6) is 0 Å². The second-order valence-corrected chi connectivity index (χ2v) is 10.2. The van der Waals surface area contributed by atoms with Crippen LogP contribution in [0.2, 0.25) is 0 Å². The van der Waals surface area contributed by atoms with Gasteiger partial charge in [-0.05, 0) is 69.2 Å². The van der Waals surface area contributed by atoms with Crippen LogP contribution in [0.1, 0.15) is 77.8 Å². The number of fused-ring (bicyclic) bond motifs is 2. The smallest absolute Gasteiger partial charge is 0.201 e. The molecular formula is C24H38N2O4. The fourth-order valence-electron chi connectivity index (χ4n) is 6.67.